The Balaban J connectivity index is 1.82. The van der Waals surface area contributed by atoms with E-state index in [1.54, 1.807) is 0 Å². The minimum Gasteiger partial charge on any atom is -0.481 e. The molecule has 1 aliphatic rings. The summed E-state index contributed by atoms with van der Waals surface area (Å²) in [7, 11) is 0. The number of hydrogen-bond acceptors (Lipinski definition) is 3. The molecule has 0 aromatic carbocycles. The van der Waals surface area contributed by atoms with E-state index >= 15 is 0 Å². The van der Waals surface area contributed by atoms with Crippen LogP contribution in [0.4, 0.5) is 0 Å². The molecule has 0 bridgehead atoms. The Labute approximate surface area is 114 Å². The molecule has 0 radical (unpaired) electrons. The number of rotatable bonds is 5. The lowest BCUT2D eigenvalue weighted by atomic mass is 9.79. The second-order valence-corrected chi connectivity index (χ2v) is 5.39. The monoisotopic (exact) mass is 262 g/mol. The van der Waals surface area contributed by atoms with E-state index in [0.717, 1.165) is 43.6 Å². The van der Waals surface area contributed by atoms with Crippen molar-refractivity contribution in [3.63, 3.8) is 0 Å². The van der Waals surface area contributed by atoms with E-state index in [1.807, 2.05) is 25.1 Å². The van der Waals surface area contributed by atoms with Gasteiger partial charge in [-0.3, -0.25) is 9.78 Å². The molecule has 1 fully saturated rings. The second-order valence-electron chi connectivity index (χ2n) is 5.39. The first-order valence-electron chi connectivity index (χ1n) is 7.03. The molecular formula is C15H22N2O2. The SMILES string of the molecule is Cc1cccc(CNCC2CCCCC2C(=O)O)n1. The summed E-state index contributed by atoms with van der Waals surface area (Å²) in [5.74, 6) is -0.553. The predicted octanol–water partition coefficient (Wildman–Crippen LogP) is 2.37. The third-order valence-electron chi connectivity index (χ3n) is 3.88. The number of carboxylic acids is 1. The molecule has 0 aliphatic heterocycles. The molecule has 1 heterocycles. The number of carboxylic acid groups (broad SMARTS) is 1. The van der Waals surface area contributed by atoms with Crippen LogP contribution in [0.5, 0.6) is 0 Å². The highest BCUT2D eigenvalue weighted by Crippen LogP contribution is 2.29. The van der Waals surface area contributed by atoms with Crippen molar-refractivity contribution >= 4 is 5.97 Å². The fraction of sp³-hybridized carbons (Fsp3) is 0.600. The van der Waals surface area contributed by atoms with Crippen LogP contribution in [0, 0.1) is 18.8 Å². The maximum atomic E-state index is 11.2. The molecule has 19 heavy (non-hydrogen) atoms. The Kier molecular flexibility index (Phi) is 4.91. The van der Waals surface area contributed by atoms with Gasteiger partial charge in [0.2, 0.25) is 0 Å². The van der Waals surface area contributed by atoms with E-state index < -0.39 is 5.97 Å². The van der Waals surface area contributed by atoms with Crippen LogP contribution in [0.15, 0.2) is 18.2 Å². The summed E-state index contributed by atoms with van der Waals surface area (Å²) in [5, 5.41) is 12.6. The number of nitrogens with one attached hydrogen (secondary N) is 1. The minimum atomic E-state index is -0.639. The molecule has 1 saturated carbocycles. The first-order valence-corrected chi connectivity index (χ1v) is 7.03. The van der Waals surface area contributed by atoms with Crippen LogP contribution in [0.25, 0.3) is 0 Å². The molecule has 4 heteroatoms. The van der Waals surface area contributed by atoms with Gasteiger partial charge in [0.25, 0.3) is 0 Å². The third-order valence-corrected chi connectivity index (χ3v) is 3.88. The second kappa shape index (κ2) is 6.66. The fourth-order valence-corrected chi connectivity index (χ4v) is 2.86. The van der Waals surface area contributed by atoms with Gasteiger partial charge in [-0.1, -0.05) is 18.9 Å². The zero-order chi connectivity index (χ0) is 13.7. The third kappa shape index (κ3) is 4.03. The number of aromatic nitrogens is 1. The lowest BCUT2D eigenvalue weighted by molar-refractivity contribution is -0.144. The lowest BCUT2D eigenvalue weighted by Crippen LogP contribution is -2.34. The van der Waals surface area contributed by atoms with Gasteiger partial charge in [0.1, 0.15) is 0 Å². The van der Waals surface area contributed by atoms with Crippen LogP contribution in [0.1, 0.15) is 37.1 Å². The summed E-state index contributed by atoms with van der Waals surface area (Å²) >= 11 is 0. The first kappa shape index (κ1) is 14.0. The van der Waals surface area contributed by atoms with Gasteiger partial charge < -0.3 is 10.4 Å². The van der Waals surface area contributed by atoms with Crippen molar-refractivity contribution in [1.82, 2.24) is 10.3 Å². The van der Waals surface area contributed by atoms with Crippen molar-refractivity contribution in [2.45, 2.75) is 39.2 Å². The van der Waals surface area contributed by atoms with Crippen molar-refractivity contribution in [3.05, 3.63) is 29.6 Å². The van der Waals surface area contributed by atoms with Crippen molar-refractivity contribution in [3.8, 4) is 0 Å². The number of aryl methyl sites for hydroxylation is 1. The molecule has 4 nitrogen and oxygen atoms in total. The zero-order valence-corrected chi connectivity index (χ0v) is 11.4. The molecule has 1 aliphatic carbocycles. The van der Waals surface area contributed by atoms with E-state index in [0.29, 0.717) is 6.54 Å². The van der Waals surface area contributed by atoms with Gasteiger partial charge in [-0.15, -0.1) is 0 Å². The average Bonchev–Trinajstić information content (AvgIpc) is 2.39. The summed E-state index contributed by atoms with van der Waals surface area (Å²) in [6.45, 7) is 3.46. The number of pyridine rings is 1. The predicted molar refractivity (Wildman–Crippen MR) is 73.8 cm³/mol. The Hall–Kier alpha value is -1.42. The Morgan fingerprint density at radius 1 is 1.42 bits per heavy atom. The standard InChI is InChI=1S/C15H22N2O2/c1-11-5-4-7-13(17-11)10-16-9-12-6-2-3-8-14(12)15(18)19/h4-5,7,12,14,16H,2-3,6,8-10H2,1H3,(H,18,19). The maximum Gasteiger partial charge on any atom is 0.306 e. The Morgan fingerprint density at radius 2 is 2.21 bits per heavy atom. The van der Waals surface area contributed by atoms with Gasteiger partial charge in [0, 0.05) is 12.2 Å². The molecule has 104 valence electrons. The summed E-state index contributed by atoms with van der Waals surface area (Å²) in [6, 6.07) is 5.97. The van der Waals surface area contributed by atoms with Gasteiger partial charge >= 0.3 is 5.97 Å². The largest absolute Gasteiger partial charge is 0.481 e. The number of aliphatic carboxylic acids is 1. The van der Waals surface area contributed by atoms with Gasteiger partial charge in [-0.25, -0.2) is 0 Å². The van der Waals surface area contributed by atoms with Crippen LogP contribution >= 0.6 is 0 Å². The van der Waals surface area contributed by atoms with E-state index in [1.165, 1.54) is 0 Å². The van der Waals surface area contributed by atoms with Crippen LogP contribution in [0.3, 0.4) is 0 Å². The summed E-state index contributed by atoms with van der Waals surface area (Å²) in [4.78, 5) is 15.6. The Bertz CT molecular complexity index is 434. The smallest absolute Gasteiger partial charge is 0.306 e. The highest BCUT2D eigenvalue weighted by Gasteiger charge is 2.30. The normalized spacial score (nSPS) is 23.2. The van der Waals surface area contributed by atoms with Crippen molar-refractivity contribution < 1.29 is 9.90 Å². The molecule has 0 amide bonds. The molecule has 2 atom stereocenters. The molecule has 1 aromatic rings. The van der Waals surface area contributed by atoms with Crippen LogP contribution in [-0.4, -0.2) is 22.6 Å². The topological polar surface area (TPSA) is 62.2 Å². The van der Waals surface area contributed by atoms with Gasteiger partial charge in [0.15, 0.2) is 0 Å². The molecule has 2 unspecified atom stereocenters. The first-order chi connectivity index (χ1) is 9.16. The fourth-order valence-electron chi connectivity index (χ4n) is 2.86. The highest BCUT2D eigenvalue weighted by atomic mass is 16.4. The van der Waals surface area contributed by atoms with Crippen molar-refractivity contribution in [2.24, 2.45) is 11.8 Å². The van der Waals surface area contributed by atoms with Gasteiger partial charge in [-0.2, -0.15) is 0 Å². The lowest BCUT2D eigenvalue weighted by Gasteiger charge is -2.28. The number of nitrogens with zero attached hydrogens (tertiary/aromatic N) is 1. The average molecular weight is 262 g/mol. The molecule has 0 spiro atoms. The van der Waals surface area contributed by atoms with Crippen LogP contribution < -0.4 is 5.32 Å². The van der Waals surface area contributed by atoms with Gasteiger partial charge in [0.05, 0.1) is 11.6 Å². The quantitative estimate of drug-likeness (QED) is 0.855. The zero-order valence-electron chi connectivity index (χ0n) is 11.4. The van der Waals surface area contributed by atoms with E-state index in [-0.39, 0.29) is 11.8 Å². The molecule has 1 aromatic heterocycles. The molecular weight excluding hydrogens is 240 g/mol. The Morgan fingerprint density at radius 3 is 2.95 bits per heavy atom. The highest BCUT2D eigenvalue weighted by molar-refractivity contribution is 5.70. The maximum absolute atomic E-state index is 11.2. The van der Waals surface area contributed by atoms with Crippen molar-refractivity contribution in [1.29, 1.82) is 0 Å². The summed E-state index contributed by atoms with van der Waals surface area (Å²) in [5.41, 5.74) is 2.03. The molecule has 0 saturated heterocycles. The van der Waals surface area contributed by atoms with Gasteiger partial charge in [-0.05, 0) is 44.4 Å². The summed E-state index contributed by atoms with van der Waals surface area (Å²) in [6.07, 6.45) is 4.04. The molecule has 2 N–H and O–H groups in total. The van der Waals surface area contributed by atoms with E-state index in [9.17, 15) is 9.90 Å². The van der Waals surface area contributed by atoms with E-state index in [2.05, 4.69) is 10.3 Å². The number of hydrogen-bond donors (Lipinski definition) is 2. The number of carbonyl (C=O) groups is 1. The van der Waals surface area contributed by atoms with Crippen LogP contribution in [0.2, 0.25) is 0 Å². The minimum absolute atomic E-state index is 0.174. The van der Waals surface area contributed by atoms with E-state index in [4.69, 9.17) is 0 Å². The summed E-state index contributed by atoms with van der Waals surface area (Å²) < 4.78 is 0. The molecule has 2 rings (SSSR count). The van der Waals surface area contributed by atoms with Crippen LogP contribution in [-0.2, 0) is 11.3 Å². The van der Waals surface area contributed by atoms with Crippen molar-refractivity contribution in [2.75, 3.05) is 6.54 Å².